The maximum Gasteiger partial charge on any atom is 0.319 e. The molecule has 2 amide bonds. The van der Waals surface area contributed by atoms with Crippen LogP contribution in [0.2, 0.25) is 0 Å². The second-order valence-electron chi connectivity index (χ2n) is 5.74. The number of hydrogen-bond donors (Lipinski definition) is 2. The number of aryl methyl sites for hydroxylation is 1. The van der Waals surface area contributed by atoms with Crippen molar-refractivity contribution in [2.75, 3.05) is 33.2 Å². The first-order chi connectivity index (χ1) is 12.7. The summed E-state index contributed by atoms with van der Waals surface area (Å²) < 4.78 is 15.8. The summed E-state index contributed by atoms with van der Waals surface area (Å²) in [5.74, 6) is 1.47. The Morgan fingerprint density at radius 2 is 1.58 bits per heavy atom. The number of anilines is 1. The molecule has 0 aliphatic heterocycles. The molecular formula is C20H26N2O4. The van der Waals surface area contributed by atoms with Crippen LogP contribution >= 0.6 is 0 Å². The first kappa shape index (κ1) is 19.4. The summed E-state index contributed by atoms with van der Waals surface area (Å²) >= 11 is 0. The number of benzene rings is 2. The molecule has 0 aliphatic carbocycles. The molecule has 2 aromatic carbocycles. The van der Waals surface area contributed by atoms with E-state index in [1.54, 1.807) is 12.1 Å². The van der Waals surface area contributed by atoms with Gasteiger partial charge in [-0.25, -0.2) is 4.79 Å². The first-order valence-electron chi connectivity index (χ1n) is 8.56. The van der Waals surface area contributed by atoms with Crippen LogP contribution in [-0.2, 0) is 6.42 Å². The Morgan fingerprint density at radius 1 is 0.923 bits per heavy atom. The zero-order valence-corrected chi connectivity index (χ0v) is 15.5. The molecule has 0 saturated carbocycles. The van der Waals surface area contributed by atoms with Gasteiger partial charge in [0.05, 0.1) is 27.0 Å². The van der Waals surface area contributed by atoms with Gasteiger partial charge >= 0.3 is 6.03 Å². The summed E-state index contributed by atoms with van der Waals surface area (Å²) in [5.41, 5.74) is 1.88. The van der Waals surface area contributed by atoms with E-state index in [-0.39, 0.29) is 6.03 Å². The Kier molecular flexibility index (Phi) is 7.61. The molecule has 0 bridgehead atoms. The average Bonchev–Trinajstić information content (AvgIpc) is 2.67. The number of rotatable bonds is 9. The van der Waals surface area contributed by atoms with Crippen LogP contribution in [0, 0.1) is 0 Å². The molecule has 2 rings (SSSR count). The zero-order chi connectivity index (χ0) is 18.8. The summed E-state index contributed by atoms with van der Waals surface area (Å²) in [4.78, 5) is 12.1. The third kappa shape index (κ3) is 5.58. The molecular weight excluding hydrogens is 332 g/mol. The van der Waals surface area contributed by atoms with Gasteiger partial charge in [-0.15, -0.1) is 0 Å². The monoisotopic (exact) mass is 358 g/mol. The van der Waals surface area contributed by atoms with Crippen molar-refractivity contribution in [3.63, 3.8) is 0 Å². The Bertz CT molecular complexity index is 679. The van der Waals surface area contributed by atoms with Crippen molar-refractivity contribution in [1.82, 2.24) is 5.32 Å². The molecule has 6 heteroatoms. The van der Waals surface area contributed by atoms with Crippen molar-refractivity contribution < 1.29 is 19.0 Å². The van der Waals surface area contributed by atoms with Crippen LogP contribution in [0.4, 0.5) is 10.5 Å². The number of hydrogen-bond acceptors (Lipinski definition) is 4. The van der Waals surface area contributed by atoms with Gasteiger partial charge in [-0.05, 0) is 24.8 Å². The van der Waals surface area contributed by atoms with Crippen molar-refractivity contribution in [1.29, 1.82) is 0 Å². The summed E-state index contributed by atoms with van der Waals surface area (Å²) in [7, 11) is 4.61. The lowest BCUT2D eigenvalue weighted by molar-refractivity contribution is 0.252. The van der Waals surface area contributed by atoms with Crippen molar-refractivity contribution in [2.24, 2.45) is 0 Å². The lowest BCUT2D eigenvalue weighted by atomic mass is 10.1. The largest absolute Gasteiger partial charge is 0.493 e. The van der Waals surface area contributed by atoms with Gasteiger partial charge in [-0.2, -0.15) is 0 Å². The van der Waals surface area contributed by atoms with Gasteiger partial charge in [-0.3, -0.25) is 0 Å². The lowest BCUT2D eigenvalue weighted by Crippen LogP contribution is -2.29. The zero-order valence-electron chi connectivity index (χ0n) is 15.5. The van der Waals surface area contributed by atoms with Crippen molar-refractivity contribution >= 4 is 11.7 Å². The Morgan fingerprint density at radius 3 is 2.15 bits per heavy atom. The van der Waals surface area contributed by atoms with E-state index in [4.69, 9.17) is 14.2 Å². The van der Waals surface area contributed by atoms with Crippen LogP contribution in [0.25, 0.3) is 0 Å². The highest BCUT2D eigenvalue weighted by molar-refractivity contribution is 5.90. The third-order valence-electron chi connectivity index (χ3n) is 3.94. The Balaban J connectivity index is 1.80. The van der Waals surface area contributed by atoms with Crippen molar-refractivity contribution in [3.8, 4) is 17.2 Å². The molecule has 0 atom stereocenters. The summed E-state index contributed by atoms with van der Waals surface area (Å²) in [6, 6.07) is 13.4. The summed E-state index contributed by atoms with van der Waals surface area (Å²) in [5, 5.41) is 5.64. The summed E-state index contributed by atoms with van der Waals surface area (Å²) in [6.07, 6.45) is 2.95. The Hall–Kier alpha value is -2.89. The van der Waals surface area contributed by atoms with E-state index in [1.165, 1.54) is 26.9 Å². The van der Waals surface area contributed by atoms with E-state index in [0.717, 1.165) is 19.3 Å². The SMILES string of the molecule is COc1cc(NC(=O)NCCCCc2ccccc2)cc(OC)c1OC. The topological polar surface area (TPSA) is 68.8 Å². The van der Waals surface area contributed by atoms with Crippen LogP contribution in [0.5, 0.6) is 17.2 Å². The van der Waals surface area contributed by atoms with Crippen LogP contribution in [-0.4, -0.2) is 33.9 Å². The predicted octanol–water partition coefficient (Wildman–Crippen LogP) is 3.86. The van der Waals surface area contributed by atoms with Gasteiger partial charge in [0.25, 0.3) is 0 Å². The molecule has 2 aromatic rings. The second kappa shape index (κ2) is 10.2. The van der Waals surface area contributed by atoms with E-state index in [9.17, 15) is 4.79 Å². The maximum atomic E-state index is 12.1. The number of amides is 2. The molecule has 140 valence electrons. The van der Waals surface area contributed by atoms with Gasteiger partial charge in [0.15, 0.2) is 11.5 Å². The number of methoxy groups -OCH3 is 3. The fraction of sp³-hybridized carbons (Fsp3) is 0.350. The number of ether oxygens (including phenoxy) is 3. The molecule has 0 radical (unpaired) electrons. The van der Waals surface area contributed by atoms with Crippen molar-refractivity contribution in [2.45, 2.75) is 19.3 Å². The highest BCUT2D eigenvalue weighted by Gasteiger charge is 2.14. The van der Waals surface area contributed by atoms with E-state index < -0.39 is 0 Å². The van der Waals surface area contributed by atoms with Crippen LogP contribution < -0.4 is 24.8 Å². The molecule has 0 spiro atoms. The lowest BCUT2D eigenvalue weighted by Gasteiger charge is -2.15. The van der Waals surface area contributed by atoms with Gasteiger partial charge in [0, 0.05) is 18.7 Å². The minimum atomic E-state index is -0.265. The quantitative estimate of drug-likeness (QED) is 0.668. The second-order valence-corrected chi connectivity index (χ2v) is 5.74. The summed E-state index contributed by atoms with van der Waals surface area (Å²) in [6.45, 7) is 0.614. The molecule has 0 unspecified atom stereocenters. The normalized spacial score (nSPS) is 10.1. The van der Waals surface area contributed by atoms with Crippen LogP contribution in [0.1, 0.15) is 18.4 Å². The fourth-order valence-electron chi connectivity index (χ4n) is 2.63. The first-order valence-corrected chi connectivity index (χ1v) is 8.56. The molecule has 0 aliphatic rings. The third-order valence-corrected chi connectivity index (χ3v) is 3.94. The standard InChI is InChI=1S/C20H26N2O4/c1-24-17-13-16(14-18(25-2)19(17)26-3)22-20(23)21-12-8-7-11-15-9-5-4-6-10-15/h4-6,9-10,13-14H,7-8,11-12H2,1-3H3,(H2,21,22,23). The maximum absolute atomic E-state index is 12.1. The van der Waals surface area contributed by atoms with Crippen LogP contribution in [0.3, 0.4) is 0 Å². The minimum Gasteiger partial charge on any atom is -0.493 e. The molecule has 26 heavy (non-hydrogen) atoms. The average molecular weight is 358 g/mol. The van der Waals surface area contributed by atoms with Gasteiger partial charge in [0.1, 0.15) is 0 Å². The fourth-order valence-corrected chi connectivity index (χ4v) is 2.63. The Labute approximate surface area is 154 Å². The number of urea groups is 1. The van der Waals surface area contributed by atoms with Gasteiger partial charge < -0.3 is 24.8 Å². The molecule has 0 fully saturated rings. The van der Waals surface area contributed by atoms with Gasteiger partial charge in [0.2, 0.25) is 5.75 Å². The van der Waals surface area contributed by atoms with E-state index in [0.29, 0.717) is 29.5 Å². The van der Waals surface area contributed by atoms with E-state index in [2.05, 4.69) is 22.8 Å². The predicted molar refractivity (Wildman–Crippen MR) is 102 cm³/mol. The molecule has 2 N–H and O–H groups in total. The number of unbranched alkanes of at least 4 members (excludes halogenated alkanes) is 1. The molecule has 0 aromatic heterocycles. The highest BCUT2D eigenvalue weighted by Crippen LogP contribution is 2.39. The number of carbonyl (C=O) groups excluding carboxylic acids is 1. The van der Waals surface area contributed by atoms with E-state index in [1.807, 2.05) is 18.2 Å². The minimum absolute atomic E-state index is 0.265. The molecule has 0 saturated heterocycles. The molecule has 6 nitrogen and oxygen atoms in total. The van der Waals surface area contributed by atoms with Crippen LogP contribution in [0.15, 0.2) is 42.5 Å². The van der Waals surface area contributed by atoms with E-state index >= 15 is 0 Å². The highest BCUT2D eigenvalue weighted by atomic mass is 16.5. The number of nitrogens with one attached hydrogen (secondary N) is 2. The smallest absolute Gasteiger partial charge is 0.319 e. The van der Waals surface area contributed by atoms with Gasteiger partial charge in [-0.1, -0.05) is 30.3 Å². The number of carbonyl (C=O) groups is 1. The van der Waals surface area contributed by atoms with Crippen molar-refractivity contribution in [3.05, 3.63) is 48.0 Å². The molecule has 0 heterocycles.